The van der Waals surface area contributed by atoms with Gasteiger partial charge in [-0.05, 0) is 42.7 Å². The highest BCUT2D eigenvalue weighted by Crippen LogP contribution is 2.28. The first kappa shape index (κ1) is 24.3. The second-order valence-electron chi connectivity index (χ2n) is 7.85. The van der Waals surface area contributed by atoms with E-state index < -0.39 is 6.04 Å². The standard InChI is InChI=1S/C25H28N4O3S2/c1-33-16-11-21(27-23(30)19-5-3-2-4-6-19)24(31)26-20-9-7-18(8-10-20)22-17-34-25(28-22)29-12-14-32-15-13-29/h2-10,17,21H,11-16H2,1H3,(H,26,31)(H,27,30). The van der Waals surface area contributed by atoms with Crippen LogP contribution in [0.3, 0.4) is 0 Å². The van der Waals surface area contributed by atoms with Crippen LogP contribution < -0.4 is 15.5 Å². The van der Waals surface area contributed by atoms with E-state index in [2.05, 4.69) is 20.9 Å². The summed E-state index contributed by atoms with van der Waals surface area (Å²) in [6, 6.07) is 16.0. The Morgan fingerprint density at radius 2 is 1.85 bits per heavy atom. The van der Waals surface area contributed by atoms with E-state index in [0.717, 1.165) is 48.4 Å². The molecule has 0 bridgehead atoms. The number of benzene rings is 2. The van der Waals surface area contributed by atoms with Crippen LogP contribution in [0.2, 0.25) is 0 Å². The number of ether oxygens (including phenoxy) is 1. The minimum Gasteiger partial charge on any atom is -0.378 e. The summed E-state index contributed by atoms with van der Waals surface area (Å²) in [5.74, 6) is 0.285. The fourth-order valence-corrected chi connectivity index (χ4v) is 4.95. The van der Waals surface area contributed by atoms with Crippen molar-refractivity contribution in [2.45, 2.75) is 12.5 Å². The molecule has 1 atom stereocenters. The van der Waals surface area contributed by atoms with Gasteiger partial charge in [-0.25, -0.2) is 4.98 Å². The van der Waals surface area contributed by atoms with Crippen LogP contribution in [0.25, 0.3) is 11.3 Å². The lowest BCUT2D eigenvalue weighted by atomic mass is 10.1. The number of rotatable bonds is 9. The molecule has 1 fully saturated rings. The number of nitrogens with one attached hydrogen (secondary N) is 2. The SMILES string of the molecule is CSCCC(NC(=O)c1ccccc1)C(=O)Nc1ccc(-c2csc(N3CCOCC3)n2)cc1. The maximum absolute atomic E-state index is 13.0. The molecule has 3 aromatic rings. The molecule has 34 heavy (non-hydrogen) atoms. The summed E-state index contributed by atoms with van der Waals surface area (Å²) in [5.41, 5.74) is 3.12. The van der Waals surface area contributed by atoms with Gasteiger partial charge in [0, 0.05) is 35.3 Å². The predicted octanol–water partition coefficient (Wildman–Crippen LogP) is 4.14. The second-order valence-corrected chi connectivity index (χ2v) is 9.68. The molecule has 4 rings (SSSR count). The van der Waals surface area contributed by atoms with Crippen molar-refractivity contribution in [3.05, 3.63) is 65.5 Å². The number of thiazole rings is 1. The number of aromatic nitrogens is 1. The monoisotopic (exact) mass is 496 g/mol. The Kier molecular flexibility index (Phi) is 8.56. The van der Waals surface area contributed by atoms with Crippen LogP contribution in [0.4, 0.5) is 10.8 Å². The average Bonchev–Trinajstić information content (AvgIpc) is 3.38. The minimum atomic E-state index is -0.616. The lowest BCUT2D eigenvalue weighted by molar-refractivity contribution is -0.118. The zero-order valence-electron chi connectivity index (χ0n) is 19.0. The molecule has 2 aromatic carbocycles. The molecule has 178 valence electrons. The third-order valence-electron chi connectivity index (χ3n) is 5.49. The minimum absolute atomic E-state index is 0.227. The maximum Gasteiger partial charge on any atom is 0.251 e. The summed E-state index contributed by atoms with van der Waals surface area (Å²) < 4.78 is 5.42. The maximum atomic E-state index is 13.0. The normalized spacial score (nSPS) is 14.4. The summed E-state index contributed by atoms with van der Waals surface area (Å²) in [6.07, 6.45) is 2.53. The molecule has 9 heteroatoms. The van der Waals surface area contributed by atoms with Crippen molar-refractivity contribution >= 4 is 45.7 Å². The van der Waals surface area contributed by atoms with E-state index in [1.54, 1.807) is 47.4 Å². The number of hydrogen-bond acceptors (Lipinski definition) is 7. The summed E-state index contributed by atoms with van der Waals surface area (Å²) in [5, 5.41) is 8.87. The molecule has 2 N–H and O–H groups in total. The number of carbonyl (C=O) groups is 2. The predicted molar refractivity (Wildman–Crippen MR) is 140 cm³/mol. The van der Waals surface area contributed by atoms with Crippen molar-refractivity contribution in [3.63, 3.8) is 0 Å². The van der Waals surface area contributed by atoms with Crippen molar-refractivity contribution in [2.24, 2.45) is 0 Å². The molecule has 2 amide bonds. The van der Waals surface area contributed by atoms with Crippen molar-refractivity contribution < 1.29 is 14.3 Å². The molecule has 0 saturated carbocycles. The molecule has 2 heterocycles. The molecule has 1 aliphatic rings. The van der Waals surface area contributed by atoms with Gasteiger partial charge in [0.15, 0.2) is 5.13 Å². The van der Waals surface area contributed by atoms with Crippen LogP contribution in [0.5, 0.6) is 0 Å². The van der Waals surface area contributed by atoms with Gasteiger partial charge in [0.1, 0.15) is 6.04 Å². The largest absolute Gasteiger partial charge is 0.378 e. The van der Waals surface area contributed by atoms with Crippen molar-refractivity contribution in [3.8, 4) is 11.3 Å². The van der Waals surface area contributed by atoms with E-state index in [4.69, 9.17) is 9.72 Å². The summed E-state index contributed by atoms with van der Waals surface area (Å²) in [7, 11) is 0. The van der Waals surface area contributed by atoms with Gasteiger partial charge in [-0.1, -0.05) is 30.3 Å². The molecule has 0 spiro atoms. The lowest BCUT2D eigenvalue weighted by Crippen LogP contribution is -2.44. The van der Waals surface area contributed by atoms with Gasteiger partial charge < -0.3 is 20.3 Å². The van der Waals surface area contributed by atoms with Crippen LogP contribution in [-0.4, -0.2) is 61.2 Å². The van der Waals surface area contributed by atoms with Crippen molar-refractivity contribution in [2.75, 3.05) is 48.5 Å². The molecule has 0 aliphatic carbocycles. The molecule has 1 saturated heterocycles. The molecular weight excluding hydrogens is 468 g/mol. The van der Waals surface area contributed by atoms with Gasteiger partial charge in [-0.3, -0.25) is 9.59 Å². The Labute approximate surface area is 207 Å². The number of thioether (sulfide) groups is 1. The van der Waals surface area contributed by atoms with Crippen LogP contribution in [0.15, 0.2) is 60.0 Å². The third-order valence-corrected chi connectivity index (χ3v) is 7.04. The highest BCUT2D eigenvalue weighted by atomic mass is 32.2. The number of hydrogen-bond donors (Lipinski definition) is 2. The first-order valence-corrected chi connectivity index (χ1v) is 13.5. The number of amides is 2. The van der Waals surface area contributed by atoms with Gasteiger partial charge in [0.05, 0.1) is 18.9 Å². The lowest BCUT2D eigenvalue weighted by Gasteiger charge is -2.26. The molecule has 7 nitrogen and oxygen atoms in total. The van der Waals surface area contributed by atoms with E-state index in [0.29, 0.717) is 17.7 Å². The Morgan fingerprint density at radius 3 is 2.56 bits per heavy atom. The Morgan fingerprint density at radius 1 is 1.12 bits per heavy atom. The second kappa shape index (κ2) is 12.0. The van der Waals surface area contributed by atoms with Gasteiger partial charge in [-0.2, -0.15) is 11.8 Å². The van der Waals surface area contributed by atoms with E-state index in [9.17, 15) is 9.59 Å². The molecule has 0 radical (unpaired) electrons. The summed E-state index contributed by atoms with van der Waals surface area (Å²) in [4.78, 5) is 32.5. The Bertz CT molecular complexity index is 1080. The van der Waals surface area contributed by atoms with E-state index >= 15 is 0 Å². The van der Waals surface area contributed by atoms with Crippen LogP contribution >= 0.6 is 23.1 Å². The third kappa shape index (κ3) is 6.37. The van der Waals surface area contributed by atoms with Crippen LogP contribution in [0, 0.1) is 0 Å². The number of morpholine rings is 1. The van der Waals surface area contributed by atoms with Gasteiger partial charge >= 0.3 is 0 Å². The fraction of sp³-hybridized carbons (Fsp3) is 0.320. The fourth-order valence-electron chi connectivity index (χ4n) is 3.59. The summed E-state index contributed by atoms with van der Waals surface area (Å²) in [6.45, 7) is 3.17. The highest BCUT2D eigenvalue weighted by molar-refractivity contribution is 7.98. The van der Waals surface area contributed by atoms with Gasteiger partial charge in [0.25, 0.3) is 5.91 Å². The van der Waals surface area contributed by atoms with E-state index in [1.165, 1.54) is 0 Å². The smallest absolute Gasteiger partial charge is 0.251 e. The average molecular weight is 497 g/mol. The zero-order valence-corrected chi connectivity index (χ0v) is 20.7. The number of anilines is 2. The molecule has 1 aromatic heterocycles. The van der Waals surface area contributed by atoms with Gasteiger partial charge in [-0.15, -0.1) is 11.3 Å². The highest BCUT2D eigenvalue weighted by Gasteiger charge is 2.21. The molecular formula is C25H28N4O3S2. The van der Waals surface area contributed by atoms with Crippen molar-refractivity contribution in [1.29, 1.82) is 0 Å². The van der Waals surface area contributed by atoms with Crippen LogP contribution in [-0.2, 0) is 9.53 Å². The summed E-state index contributed by atoms with van der Waals surface area (Å²) >= 11 is 3.27. The van der Waals surface area contributed by atoms with Gasteiger partial charge in [0.2, 0.25) is 5.91 Å². The Hall–Kier alpha value is -2.88. The first-order chi connectivity index (χ1) is 16.6. The molecule has 1 unspecified atom stereocenters. The Balaban J connectivity index is 1.39. The number of carbonyl (C=O) groups excluding carboxylic acids is 2. The van der Waals surface area contributed by atoms with Crippen LogP contribution in [0.1, 0.15) is 16.8 Å². The van der Waals surface area contributed by atoms with Crippen molar-refractivity contribution in [1.82, 2.24) is 10.3 Å². The number of nitrogens with zero attached hydrogens (tertiary/aromatic N) is 2. The van der Waals surface area contributed by atoms with E-state index in [1.807, 2.05) is 36.6 Å². The zero-order chi connectivity index (χ0) is 23.8. The molecule has 1 aliphatic heterocycles. The quantitative estimate of drug-likeness (QED) is 0.463. The van der Waals surface area contributed by atoms with E-state index in [-0.39, 0.29) is 11.8 Å². The first-order valence-electron chi connectivity index (χ1n) is 11.2. The topological polar surface area (TPSA) is 83.6 Å².